The number of ether oxygens (including phenoxy) is 1. The Morgan fingerprint density at radius 3 is 2.58 bits per heavy atom. The van der Waals surface area contributed by atoms with Crippen LogP contribution in [-0.4, -0.2) is 40.6 Å². The lowest BCUT2D eigenvalue weighted by Crippen LogP contribution is -2.41. The molecule has 72 valence electrons. The highest BCUT2D eigenvalue weighted by atomic mass is 127. The van der Waals surface area contributed by atoms with E-state index in [1.807, 2.05) is 0 Å². The van der Waals surface area contributed by atoms with E-state index in [2.05, 4.69) is 26.0 Å². The zero-order valence-corrected chi connectivity index (χ0v) is 9.58. The van der Waals surface area contributed by atoms with Crippen molar-refractivity contribution in [3.8, 4) is 0 Å². The Morgan fingerprint density at radius 2 is 2.08 bits per heavy atom. The number of rotatable bonds is 3. The molecule has 0 aromatic rings. The molecule has 0 spiro atoms. The predicted molar refractivity (Wildman–Crippen MR) is 56.3 cm³/mol. The van der Waals surface area contributed by atoms with Gasteiger partial charge in [0.1, 0.15) is 0 Å². The average molecular weight is 285 g/mol. The molecule has 0 aromatic carbocycles. The third-order valence-electron chi connectivity index (χ3n) is 2.41. The first-order valence-electron chi connectivity index (χ1n) is 4.28. The number of halogens is 1. The molecule has 0 aliphatic carbocycles. The topological polar surface area (TPSA) is 32.7 Å². The van der Waals surface area contributed by atoms with Crippen LogP contribution in [0.25, 0.3) is 0 Å². The van der Waals surface area contributed by atoms with Gasteiger partial charge in [0.15, 0.2) is 0 Å². The van der Waals surface area contributed by atoms with Crippen LogP contribution in [0, 0.1) is 0 Å². The lowest BCUT2D eigenvalue weighted by Gasteiger charge is -2.35. The van der Waals surface area contributed by atoms with Gasteiger partial charge in [-0.05, 0) is 19.3 Å². The van der Waals surface area contributed by atoms with Crippen molar-refractivity contribution in [2.45, 2.75) is 24.9 Å². The third-order valence-corrected chi connectivity index (χ3v) is 3.38. The minimum atomic E-state index is -0.461. The summed E-state index contributed by atoms with van der Waals surface area (Å²) in [5.41, 5.74) is -0.461. The minimum Gasteiger partial charge on any atom is -0.390 e. The molecular formula is C8H16INO2. The van der Waals surface area contributed by atoms with Crippen molar-refractivity contribution >= 4 is 22.9 Å². The van der Waals surface area contributed by atoms with Crippen LogP contribution in [0.2, 0.25) is 0 Å². The van der Waals surface area contributed by atoms with Gasteiger partial charge in [-0.25, -0.2) is 3.11 Å². The summed E-state index contributed by atoms with van der Waals surface area (Å²) in [6.45, 7) is 2.64. The standard InChI is InChI=1S/C8H16INO2/c1-12-7-4-8(11)2-5-10(9)6-3-8/h11H,2-7H2,1H3. The van der Waals surface area contributed by atoms with Crippen LogP contribution in [0.4, 0.5) is 0 Å². The molecule has 1 aliphatic heterocycles. The fourth-order valence-corrected chi connectivity index (χ4v) is 1.92. The van der Waals surface area contributed by atoms with Gasteiger partial charge in [0, 0.05) is 49.7 Å². The van der Waals surface area contributed by atoms with Crippen LogP contribution >= 0.6 is 22.9 Å². The summed E-state index contributed by atoms with van der Waals surface area (Å²) in [6.07, 6.45) is 2.52. The highest BCUT2D eigenvalue weighted by Gasteiger charge is 2.30. The Morgan fingerprint density at radius 1 is 1.50 bits per heavy atom. The molecule has 1 rings (SSSR count). The zero-order valence-electron chi connectivity index (χ0n) is 7.42. The molecule has 1 heterocycles. The van der Waals surface area contributed by atoms with Crippen molar-refractivity contribution in [2.24, 2.45) is 0 Å². The molecule has 0 unspecified atom stereocenters. The van der Waals surface area contributed by atoms with E-state index < -0.39 is 5.60 Å². The lowest BCUT2D eigenvalue weighted by atomic mass is 9.89. The maximum atomic E-state index is 10.0. The van der Waals surface area contributed by atoms with Gasteiger partial charge in [-0.3, -0.25) is 0 Å². The van der Waals surface area contributed by atoms with Gasteiger partial charge in [0.25, 0.3) is 0 Å². The Hall–Kier alpha value is 0.610. The zero-order chi connectivity index (χ0) is 9.03. The average Bonchev–Trinajstić information content (AvgIpc) is 2.08. The van der Waals surface area contributed by atoms with Crippen molar-refractivity contribution in [1.82, 2.24) is 3.11 Å². The number of hydrogen-bond acceptors (Lipinski definition) is 3. The van der Waals surface area contributed by atoms with E-state index in [1.54, 1.807) is 7.11 Å². The van der Waals surface area contributed by atoms with Crippen molar-refractivity contribution in [3.63, 3.8) is 0 Å². The van der Waals surface area contributed by atoms with Gasteiger partial charge < -0.3 is 9.84 Å². The van der Waals surface area contributed by atoms with Crippen molar-refractivity contribution in [1.29, 1.82) is 0 Å². The Labute approximate surface area is 87.6 Å². The third kappa shape index (κ3) is 3.16. The van der Waals surface area contributed by atoms with Crippen LogP contribution in [0.1, 0.15) is 19.3 Å². The second-order valence-electron chi connectivity index (χ2n) is 3.38. The fraction of sp³-hybridized carbons (Fsp3) is 1.00. The molecule has 0 amide bonds. The predicted octanol–water partition coefficient (Wildman–Crippen LogP) is 1.20. The quantitative estimate of drug-likeness (QED) is 0.625. The van der Waals surface area contributed by atoms with Gasteiger partial charge in [-0.15, -0.1) is 0 Å². The second-order valence-corrected chi connectivity index (χ2v) is 4.74. The Kier molecular flexibility index (Phi) is 4.22. The van der Waals surface area contributed by atoms with E-state index >= 15 is 0 Å². The Balaban J connectivity index is 2.29. The number of piperidine rings is 1. The van der Waals surface area contributed by atoms with Crippen LogP contribution < -0.4 is 0 Å². The first-order valence-corrected chi connectivity index (χ1v) is 5.25. The Bertz CT molecular complexity index is 130. The highest BCUT2D eigenvalue weighted by molar-refractivity contribution is 14.1. The van der Waals surface area contributed by atoms with Gasteiger partial charge in [-0.1, -0.05) is 0 Å². The number of methoxy groups -OCH3 is 1. The number of aliphatic hydroxyl groups is 1. The SMILES string of the molecule is COCCC1(O)CCN(I)CC1. The maximum Gasteiger partial charge on any atom is 0.0694 e. The first kappa shape index (κ1) is 10.7. The van der Waals surface area contributed by atoms with Gasteiger partial charge in [0.05, 0.1) is 5.60 Å². The molecule has 0 bridgehead atoms. The van der Waals surface area contributed by atoms with Crippen LogP contribution in [-0.2, 0) is 4.74 Å². The molecule has 0 atom stereocenters. The molecule has 0 aromatic heterocycles. The summed E-state index contributed by atoms with van der Waals surface area (Å²) in [5, 5.41) is 10.0. The van der Waals surface area contributed by atoms with Crippen LogP contribution in [0.5, 0.6) is 0 Å². The van der Waals surface area contributed by atoms with Crippen molar-refractivity contribution in [3.05, 3.63) is 0 Å². The molecule has 1 fully saturated rings. The molecule has 4 heteroatoms. The summed E-state index contributed by atoms with van der Waals surface area (Å²) >= 11 is 2.30. The minimum absolute atomic E-state index is 0.461. The second kappa shape index (κ2) is 4.74. The molecule has 1 saturated heterocycles. The maximum absolute atomic E-state index is 10.0. The molecular weight excluding hydrogens is 269 g/mol. The van der Waals surface area contributed by atoms with E-state index in [9.17, 15) is 5.11 Å². The molecule has 12 heavy (non-hydrogen) atoms. The van der Waals surface area contributed by atoms with Gasteiger partial charge >= 0.3 is 0 Å². The largest absolute Gasteiger partial charge is 0.390 e. The summed E-state index contributed by atoms with van der Waals surface area (Å²) in [5.74, 6) is 0. The first-order chi connectivity index (χ1) is 5.66. The summed E-state index contributed by atoms with van der Waals surface area (Å²) in [7, 11) is 1.68. The van der Waals surface area contributed by atoms with E-state index in [-0.39, 0.29) is 0 Å². The highest BCUT2D eigenvalue weighted by Crippen LogP contribution is 2.26. The normalized spacial score (nSPS) is 24.2. The number of hydrogen-bond donors (Lipinski definition) is 1. The van der Waals surface area contributed by atoms with E-state index in [4.69, 9.17) is 4.74 Å². The lowest BCUT2D eigenvalue weighted by molar-refractivity contribution is -0.0249. The molecule has 1 N–H and O–H groups in total. The molecule has 1 aliphatic rings. The van der Waals surface area contributed by atoms with Gasteiger partial charge in [0.2, 0.25) is 0 Å². The van der Waals surface area contributed by atoms with E-state index in [1.165, 1.54) is 0 Å². The van der Waals surface area contributed by atoms with Gasteiger partial charge in [-0.2, -0.15) is 0 Å². The monoisotopic (exact) mass is 285 g/mol. The molecule has 0 saturated carbocycles. The van der Waals surface area contributed by atoms with Crippen molar-refractivity contribution in [2.75, 3.05) is 26.8 Å². The van der Waals surface area contributed by atoms with E-state index in [0.717, 1.165) is 32.4 Å². The van der Waals surface area contributed by atoms with Crippen LogP contribution in [0.15, 0.2) is 0 Å². The summed E-state index contributed by atoms with van der Waals surface area (Å²) < 4.78 is 7.18. The molecule has 0 radical (unpaired) electrons. The summed E-state index contributed by atoms with van der Waals surface area (Å²) in [6, 6.07) is 0. The molecule has 3 nitrogen and oxygen atoms in total. The smallest absolute Gasteiger partial charge is 0.0694 e. The summed E-state index contributed by atoms with van der Waals surface area (Å²) in [4.78, 5) is 0. The fourth-order valence-electron chi connectivity index (χ4n) is 1.44. The number of nitrogens with zero attached hydrogens (tertiary/aromatic N) is 1. The van der Waals surface area contributed by atoms with Crippen LogP contribution in [0.3, 0.4) is 0 Å². The van der Waals surface area contributed by atoms with E-state index in [0.29, 0.717) is 6.61 Å². The van der Waals surface area contributed by atoms with Crippen molar-refractivity contribution < 1.29 is 9.84 Å².